The Bertz CT molecular complexity index is 433. The molecule has 0 spiro atoms. The molecule has 3 heteroatoms. The van der Waals surface area contributed by atoms with E-state index in [4.69, 9.17) is 16.3 Å². The van der Waals surface area contributed by atoms with Gasteiger partial charge in [-0.05, 0) is 48.9 Å². The van der Waals surface area contributed by atoms with Crippen LogP contribution in [-0.2, 0) is 0 Å². The lowest BCUT2D eigenvalue weighted by Crippen LogP contribution is -2.33. The van der Waals surface area contributed by atoms with Gasteiger partial charge in [0.1, 0.15) is 5.75 Å². The lowest BCUT2D eigenvalue weighted by Gasteiger charge is -2.33. The third kappa shape index (κ3) is 3.89. The van der Waals surface area contributed by atoms with Crippen LogP contribution in [0.3, 0.4) is 0 Å². The first kappa shape index (κ1) is 15.7. The van der Waals surface area contributed by atoms with Crippen LogP contribution in [0.15, 0.2) is 18.2 Å². The van der Waals surface area contributed by atoms with E-state index in [1.807, 2.05) is 6.07 Å². The van der Waals surface area contributed by atoms with Gasteiger partial charge < -0.3 is 10.1 Å². The highest BCUT2D eigenvalue weighted by Gasteiger charge is 2.26. The lowest BCUT2D eigenvalue weighted by atomic mass is 9.75. The summed E-state index contributed by atoms with van der Waals surface area (Å²) in [6, 6.07) is 6.82. The van der Waals surface area contributed by atoms with Crippen molar-refractivity contribution in [3.63, 3.8) is 0 Å². The monoisotopic (exact) mass is 295 g/mol. The first-order valence-electron chi connectivity index (χ1n) is 7.68. The summed E-state index contributed by atoms with van der Waals surface area (Å²) in [5, 5.41) is 4.30. The molecule has 112 valence electrons. The van der Waals surface area contributed by atoms with Crippen LogP contribution in [0.4, 0.5) is 0 Å². The largest absolute Gasteiger partial charge is 0.495 e. The molecule has 0 saturated heterocycles. The van der Waals surface area contributed by atoms with Crippen LogP contribution in [0.25, 0.3) is 0 Å². The Morgan fingerprint density at radius 3 is 2.75 bits per heavy atom. The number of ether oxygens (including phenoxy) is 1. The van der Waals surface area contributed by atoms with Crippen molar-refractivity contribution in [2.75, 3.05) is 13.7 Å². The maximum absolute atomic E-state index is 6.14. The van der Waals surface area contributed by atoms with Crippen LogP contribution in [-0.4, -0.2) is 19.7 Å². The summed E-state index contributed by atoms with van der Waals surface area (Å²) >= 11 is 6.14. The second kappa shape index (κ2) is 7.33. The van der Waals surface area contributed by atoms with E-state index in [0.29, 0.717) is 17.0 Å². The molecule has 0 aliphatic heterocycles. The molecule has 0 bridgehead atoms. The second-order valence-corrected chi connectivity index (χ2v) is 6.52. The molecule has 1 aliphatic rings. The Balaban J connectivity index is 2.14. The molecule has 0 radical (unpaired) electrons. The Morgan fingerprint density at radius 2 is 2.05 bits per heavy atom. The van der Waals surface area contributed by atoms with E-state index in [1.165, 1.54) is 31.2 Å². The van der Waals surface area contributed by atoms with Crippen LogP contribution < -0.4 is 10.1 Å². The highest BCUT2D eigenvalue weighted by Crippen LogP contribution is 2.39. The predicted molar refractivity (Wildman–Crippen MR) is 85.8 cm³/mol. The number of benzene rings is 1. The first-order chi connectivity index (χ1) is 9.61. The van der Waals surface area contributed by atoms with E-state index in [9.17, 15) is 0 Å². The standard InChI is InChI=1S/C17H26ClNO/c1-12(2)19-11-14-6-4-5-7-15(14)13-8-9-16(18)17(10-13)20-3/h8-10,12,14-15,19H,4-7,11H2,1-3H3. The quantitative estimate of drug-likeness (QED) is 0.856. The minimum absolute atomic E-state index is 0.553. The van der Waals surface area contributed by atoms with Crippen molar-refractivity contribution in [1.29, 1.82) is 0 Å². The van der Waals surface area contributed by atoms with Gasteiger partial charge in [0.05, 0.1) is 12.1 Å². The molecule has 2 atom stereocenters. The molecule has 1 aliphatic carbocycles. The Morgan fingerprint density at radius 1 is 1.30 bits per heavy atom. The van der Waals surface area contributed by atoms with Crippen molar-refractivity contribution in [2.24, 2.45) is 5.92 Å². The van der Waals surface area contributed by atoms with Gasteiger partial charge in [0, 0.05) is 6.04 Å². The van der Waals surface area contributed by atoms with E-state index >= 15 is 0 Å². The molecule has 2 unspecified atom stereocenters. The minimum Gasteiger partial charge on any atom is -0.495 e. The average molecular weight is 296 g/mol. The van der Waals surface area contributed by atoms with Gasteiger partial charge in [-0.2, -0.15) is 0 Å². The molecular formula is C17H26ClNO. The summed E-state index contributed by atoms with van der Waals surface area (Å²) in [7, 11) is 1.68. The van der Waals surface area contributed by atoms with Crippen molar-refractivity contribution in [3.8, 4) is 5.75 Å². The molecule has 0 amide bonds. The summed E-state index contributed by atoms with van der Waals surface area (Å²) in [5.41, 5.74) is 1.38. The predicted octanol–water partition coefficient (Wildman–Crippen LogP) is 4.62. The molecule has 0 heterocycles. The number of halogens is 1. The Kier molecular flexibility index (Phi) is 5.74. The summed E-state index contributed by atoms with van der Waals surface area (Å²) in [6.45, 7) is 5.53. The van der Waals surface area contributed by atoms with Gasteiger partial charge in [0.2, 0.25) is 0 Å². The van der Waals surface area contributed by atoms with Gasteiger partial charge >= 0.3 is 0 Å². The summed E-state index contributed by atoms with van der Waals surface area (Å²) in [5.74, 6) is 2.14. The van der Waals surface area contributed by atoms with E-state index in [2.05, 4.69) is 31.3 Å². The zero-order chi connectivity index (χ0) is 14.5. The molecule has 2 nitrogen and oxygen atoms in total. The van der Waals surface area contributed by atoms with Crippen molar-refractivity contribution in [1.82, 2.24) is 5.32 Å². The van der Waals surface area contributed by atoms with E-state index in [1.54, 1.807) is 7.11 Å². The molecule has 0 aromatic heterocycles. The van der Waals surface area contributed by atoms with E-state index in [-0.39, 0.29) is 0 Å². The van der Waals surface area contributed by atoms with Crippen molar-refractivity contribution in [2.45, 2.75) is 51.5 Å². The van der Waals surface area contributed by atoms with Gasteiger partial charge in [-0.3, -0.25) is 0 Å². The first-order valence-corrected chi connectivity index (χ1v) is 8.06. The minimum atomic E-state index is 0.553. The number of hydrogen-bond acceptors (Lipinski definition) is 2. The fourth-order valence-electron chi connectivity index (χ4n) is 3.18. The fraction of sp³-hybridized carbons (Fsp3) is 0.647. The van der Waals surface area contributed by atoms with Gasteiger partial charge in [-0.1, -0.05) is 44.4 Å². The van der Waals surface area contributed by atoms with Crippen LogP contribution in [0, 0.1) is 5.92 Å². The maximum atomic E-state index is 6.14. The Hall–Kier alpha value is -0.730. The summed E-state index contributed by atoms with van der Waals surface area (Å²) < 4.78 is 5.36. The third-order valence-corrected chi connectivity index (χ3v) is 4.61. The number of nitrogens with one attached hydrogen (secondary N) is 1. The number of hydrogen-bond donors (Lipinski definition) is 1. The van der Waals surface area contributed by atoms with Gasteiger partial charge in [-0.25, -0.2) is 0 Å². The smallest absolute Gasteiger partial charge is 0.137 e. The topological polar surface area (TPSA) is 21.3 Å². The third-order valence-electron chi connectivity index (χ3n) is 4.30. The second-order valence-electron chi connectivity index (χ2n) is 6.11. The van der Waals surface area contributed by atoms with Crippen LogP contribution in [0.5, 0.6) is 5.75 Å². The molecule has 1 aromatic rings. The van der Waals surface area contributed by atoms with Gasteiger partial charge in [0.15, 0.2) is 0 Å². The van der Waals surface area contributed by atoms with Crippen molar-refractivity contribution >= 4 is 11.6 Å². The molecule has 1 N–H and O–H groups in total. The molecule has 1 aromatic carbocycles. The SMILES string of the molecule is COc1cc(C2CCCCC2CNC(C)C)ccc1Cl. The van der Waals surface area contributed by atoms with Crippen LogP contribution in [0.1, 0.15) is 51.0 Å². The van der Waals surface area contributed by atoms with Crippen LogP contribution >= 0.6 is 11.6 Å². The van der Waals surface area contributed by atoms with Crippen molar-refractivity contribution < 1.29 is 4.74 Å². The maximum Gasteiger partial charge on any atom is 0.137 e. The lowest BCUT2D eigenvalue weighted by molar-refractivity contribution is 0.289. The average Bonchev–Trinajstić information content (AvgIpc) is 2.46. The Labute approximate surface area is 127 Å². The fourth-order valence-corrected chi connectivity index (χ4v) is 3.38. The highest BCUT2D eigenvalue weighted by molar-refractivity contribution is 6.32. The number of rotatable bonds is 5. The summed E-state index contributed by atoms with van der Waals surface area (Å²) in [4.78, 5) is 0. The van der Waals surface area contributed by atoms with Gasteiger partial charge in [0.25, 0.3) is 0 Å². The van der Waals surface area contributed by atoms with Crippen LogP contribution in [0.2, 0.25) is 5.02 Å². The number of methoxy groups -OCH3 is 1. The molecule has 20 heavy (non-hydrogen) atoms. The highest BCUT2D eigenvalue weighted by atomic mass is 35.5. The molecule has 1 saturated carbocycles. The van der Waals surface area contributed by atoms with E-state index in [0.717, 1.165) is 18.2 Å². The zero-order valence-corrected chi connectivity index (χ0v) is 13.5. The van der Waals surface area contributed by atoms with Crippen molar-refractivity contribution in [3.05, 3.63) is 28.8 Å². The molecular weight excluding hydrogens is 270 g/mol. The molecule has 2 rings (SSSR count). The zero-order valence-electron chi connectivity index (χ0n) is 12.8. The van der Waals surface area contributed by atoms with E-state index < -0.39 is 0 Å². The van der Waals surface area contributed by atoms with Gasteiger partial charge in [-0.15, -0.1) is 0 Å². The normalized spacial score (nSPS) is 23.1. The molecule has 1 fully saturated rings. The summed E-state index contributed by atoms with van der Waals surface area (Å²) in [6.07, 6.45) is 5.27.